The van der Waals surface area contributed by atoms with Gasteiger partial charge in [-0.05, 0) is 89.0 Å². The van der Waals surface area contributed by atoms with Crippen LogP contribution >= 0.6 is 0 Å². The summed E-state index contributed by atoms with van der Waals surface area (Å²) in [5, 5.41) is 4.17. The molecule has 0 spiro atoms. The SMILES string of the molecule is CC(C)(C)c1ccnc(-c2[c-]cccc2)n1.Cc1ccc2nc(-c3[c-]ccc4c3oc3c4ccc4c5ccccc5oc43)n(-c3c(C(C)C)cc(-c4ccccc4)cc3C(C)C)c2c1.[Ir]. The summed E-state index contributed by atoms with van der Waals surface area (Å²) in [7, 11) is 0. The zero-order valence-electron chi connectivity index (χ0n) is 37.9. The van der Waals surface area contributed by atoms with Crippen LogP contribution in [0.4, 0.5) is 0 Å². The predicted octanol–water partition coefficient (Wildman–Crippen LogP) is 15.8. The molecule has 4 heterocycles. The van der Waals surface area contributed by atoms with Crippen molar-refractivity contribution in [2.45, 2.75) is 72.6 Å². The van der Waals surface area contributed by atoms with Gasteiger partial charge < -0.3 is 13.4 Å². The maximum Gasteiger partial charge on any atom is 0.177 e. The van der Waals surface area contributed by atoms with E-state index < -0.39 is 0 Å². The molecule has 4 aromatic heterocycles. The number of nitrogens with zero attached hydrogens (tertiary/aromatic N) is 4. The topological polar surface area (TPSA) is 69.9 Å². The first-order valence-corrected chi connectivity index (χ1v) is 22.2. The van der Waals surface area contributed by atoms with E-state index in [4.69, 9.17) is 13.8 Å². The number of hydrogen-bond donors (Lipinski definition) is 0. The van der Waals surface area contributed by atoms with Gasteiger partial charge in [0.25, 0.3) is 0 Å². The largest absolute Gasteiger partial charge is 0.497 e. The molecule has 0 aliphatic heterocycles. The van der Waals surface area contributed by atoms with E-state index in [0.717, 1.165) is 83.4 Å². The zero-order chi connectivity index (χ0) is 44.3. The summed E-state index contributed by atoms with van der Waals surface area (Å²) in [5.74, 6) is 2.10. The number of hydrogen-bond acceptors (Lipinski definition) is 5. The zero-order valence-corrected chi connectivity index (χ0v) is 40.3. The van der Waals surface area contributed by atoms with Crippen molar-refractivity contribution in [2.24, 2.45) is 0 Å². The second-order valence-corrected chi connectivity index (χ2v) is 18.3. The minimum Gasteiger partial charge on any atom is -0.497 e. The third-order valence-electron chi connectivity index (χ3n) is 12.1. The third-order valence-corrected chi connectivity index (χ3v) is 12.1. The predicted molar refractivity (Wildman–Crippen MR) is 263 cm³/mol. The Balaban J connectivity index is 0.000000266. The maximum atomic E-state index is 6.85. The molecule has 7 aromatic carbocycles. The number of aryl methyl sites for hydroxylation is 1. The van der Waals surface area contributed by atoms with Crippen LogP contribution in [0.25, 0.3) is 94.5 Å². The Bertz CT molecular complexity index is 3470. The fourth-order valence-corrected chi connectivity index (χ4v) is 8.78. The average molecular weight is 1030 g/mol. The summed E-state index contributed by atoms with van der Waals surface area (Å²) in [5.41, 5.74) is 15.4. The quantitative estimate of drug-likeness (QED) is 0.155. The number of fused-ring (bicyclic) bond motifs is 8. The van der Waals surface area contributed by atoms with Crippen molar-refractivity contribution in [1.29, 1.82) is 0 Å². The van der Waals surface area contributed by atoms with E-state index in [1.165, 1.54) is 33.5 Å². The molecule has 0 aliphatic carbocycles. The van der Waals surface area contributed by atoms with Crippen molar-refractivity contribution in [3.63, 3.8) is 0 Å². The Morgan fingerprint density at radius 2 is 1.28 bits per heavy atom. The van der Waals surface area contributed by atoms with Gasteiger partial charge in [-0.1, -0.05) is 120 Å². The van der Waals surface area contributed by atoms with Crippen molar-refractivity contribution in [2.75, 3.05) is 0 Å². The van der Waals surface area contributed by atoms with Crippen molar-refractivity contribution in [3.8, 4) is 39.6 Å². The number of benzene rings is 7. The second kappa shape index (κ2) is 17.4. The Labute approximate surface area is 393 Å². The fraction of sp³-hybridized carbons (Fsp3) is 0.190. The van der Waals surface area contributed by atoms with Crippen LogP contribution in [0.5, 0.6) is 0 Å². The smallest absolute Gasteiger partial charge is 0.177 e. The van der Waals surface area contributed by atoms with Crippen LogP contribution in [0.2, 0.25) is 0 Å². The van der Waals surface area contributed by atoms with Gasteiger partial charge in [0.05, 0.1) is 28.3 Å². The monoisotopic (exact) mass is 1030 g/mol. The van der Waals surface area contributed by atoms with Gasteiger partial charge in [0, 0.05) is 59.3 Å². The molecule has 1 radical (unpaired) electrons. The molecule has 0 unspecified atom stereocenters. The minimum atomic E-state index is 0. The van der Waals surface area contributed by atoms with Crippen molar-refractivity contribution < 1.29 is 28.9 Å². The molecule has 0 N–H and O–H groups in total. The van der Waals surface area contributed by atoms with Gasteiger partial charge in [0.15, 0.2) is 11.2 Å². The van der Waals surface area contributed by atoms with Gasteiger partial charge in [-0.15, -0.1) is 54.1 Å². The number of imidazole rings is 1. The third kappa shape index (κ3) is 7.98. The van der Waals surface area contributed by atoms with Gasteiger partial charge >= 0.3 is 0 Å². The molecule has 6 nitrogen and oxygen atoms in total. The van der Waals surface area contributed by atoms with Crippen LogP contribution in [-0.4, -0.2) is 19.5 Å². The molecule has 0 bridgehead atoms. The van der Waals surface area contributed by atoms with Gasteiger partial charge in [0.2, 0.25) is 0 Å². The molecule has 0 fully saturated rings. The Morgan fingerprint density at radius 3 is 1.98 bits per heavy atom. The van der Waals surface area contributed by atoms with E-state index in [2.05, 4.69) is 167 Å². The fourth-order valence-electron chi connectivity index (χ4n) is 8.78. The number of furan rings is 2. The van der Waals surface area contributed by atoms with Gasteiger partial charge in [0.1, 0.15) is 5.58 Å². The molecule has 7 heteroatoms. The minimum absolute atomic E-state index is 0. The van der Waals surface area contributed by atoms with Crippen LogP contribution in [0, 0.1) is 19.1 Å². The van der Waals surface area contributed by atoms with Crippen molar-refractivity contribution in [1.82, 2.24) is 19.5 Å². The molecule has 11 rings (SSSR count). The molecular weight excluding hydrogens is 977 g/mol. The summed E-state index contributed by atoms with van der Waals surface area (Å²) in [4.78, 5) is 14.2. The van der Waals surface area contributed by atoms with Crippen LogP contribution in [0.1, 0.15) is 82.7 Å². The van der Waals surface area contributed by atoms with Crippen molar-refractivity contribution >= 4 is 54.9 Å². The first-order chi connectivity index (χ1) is 30.9. The molecule has 0 amide bonds. The summed E-state index contributed by atoms with van der Waals surface area (Å²) in [6.45, 7) is 17.7. The normalized spacial score (nSPS) is 11.8. The number of para-hydroxylation sites is 1. The molecule has 11 aromatic rings. The maximum absolute atomic E-state index is 6.85. The molecule has 0 atom stereocenters. The Kier molecular flexibility index (Phi) is 11.7. The van der Waals surface area contributed by atoms with E-state index in [1.807, 2.05) is 60.8 Å². The standard InChI is InChI=1S/C44H35N2O2.C14H15N2.Ir/c1-25(2)35-23-29(28-12-7-6-8-13-28)24-36(26(3)4)40(35)46-38-22-27(5)18-21-37(38)45-44(46)34-16-11-15-31-33-20-19-32-30-14-9-10-17-39(30)47-42(32)43(33)48-41(31)34;1-14(2,3)12-9-10-15-13(16-12)11-7-5-4-6-8-11;/h6-15,17-26H,1-5H3;4-7,9-10H,1-3H3;/q2*-1;. The van der Waals surface area contributed by atoms with Gasteiger partial charge in [-0.25, -0.2) is 0 Å². The number of aromatic nitrogens is 4. The summed E-state index contributed by atoms with van der Waals surface area (Å²) >= 11 is 0. The molecule has 65 heavy (non-hydrogen) atoms. The number of rotatable bonds is 6. The summed E-state index contributed by atoms with van der Waals surface area (Å²) < 4.78 is 15.6. The Morgan fingerprint density at radius 1 is 0.600 bits per heavy atom. The molecule has 325 valence electrons. The summed E-state index contributed by atoms with van der Waals surface area (Å²) in [6.07, 6.45) is 1.81. The van der Waals surface area contributed by atoms with E-state index >= 15 is 0 Å². The van der Waals surface area contributed by atoms with Crippen LogP contribution in [0.15, 0.2) is 155 Å². The summed E-state index contributed by atoms with van der Waals surface area (Å²) in [6, 6.07) is 54.9. The van der Waals surface area contributed by atoms with E-state index in [0.29, 0.717) is 0 Å². The van der Waals surface area contributed by atoms with Gasteiger partial charge in [-0.2, -0.15) is 0 Å². The van der Waals surface area contributed by atoms with E-state index in [-0.39, 0.29) is 37.4 Å². The van der Waals surface area contributed by atoms with Gasteiger partial charge in [-0.3, -0.25) is 15.0 Å². The second-order valence-electron chi connectivity index (χ2n) is 18.3. The molecular formula is C58H50IrN4O2-2. The first-order valence-electron chi connectivity index (χ1n) is 22.2. The van der Waals surface area contributed by atoms with E-state index in [9.17, 15) is 0 Å². The molecule has 0 saturated heterocycles. The Hall–Kier alpha value is -6.66. The van der Waals surface area contributed by atoms with Crippen LogP contribution in [-0.2, 0) is 25.5 Å². The van der Waals surface area contributed by atoms with Crippen LogP contribution < -0.4 is 0 Å². The van der Waals surface area contributed by atoms with Crippen molar-refractivity contribution in [3.05, 3.63) is 180 Å². The van der Waals surface area contributed by atoms with E-state index in [1.54, 1.807) is 0 Å². The molecule has 0 saturated carbocycles. The van der Waals surface area contributed by atoms with Crippen LogP contribution in [0.3, 0.4) is 0 Å². The molecule has 0 aliphatic rings. The first kappa shape index (κ1) is 43.6. The average Bonchev–Trinajstić information content (AvgIpc) is 4.00.